The summed E-state index contributed by atoms with van der Waals surface area (Å²) in [6.07, 6.45) is 2.07. The molecule has 7 nitrogen and oxygen atoms in total. The highest BCUT2D eigenvalue weighted by atomic mass is 16.2. The summed E-state index contributed by atoms with van der Waals surface area (Å²) in [6, 6.07) is 0.251. The molecule has 0 aromatic carbocycles. The van der Waals surface area contributed by atoms with Crippen LogP contribution in [0.3, 0.4) is 0 Å². The lowest BCUT2D eigenvalue weighted by molar-refractivity contribution is 0.0724. The molecule has 15 heavy (non-hydrogen) atoms. The van der Waals surface area contributed by atoms with Crippen molar-refractivity contribution in [3.63, 3.8) is 0 Å². The van der Waals surface area contributed by atoms with E-state index in [0.717, 1.165) is 25.9 Å². The van der Waals surface area contributed by atoms with Gasteiger partial charge in [0.25, 0.3) is 11.7 Å². The lowest BCUT2D eigenvalue weighted by atomic mass is 10.2. The maximum Gasteiger partial charge on any atom is 0.295 e. The van der Waals surface area contributed by atoms with E-state index in [2.05, 4.69) is 25.9 Å². The minimum absolute atomic E-state index is 0.137. The number of aromatic amines is 1. The number of H-pyrrole nitrogens is 1. The van der Waals surface area contributed by atoms with Crippen LogP contribution in [0.2, 0.25) is 0 Å². The summed E-state index contributed by atoms with van der Waals surface area (Å²) in [4.78, 5) is 13.7. The molecule has 1 fully saturated rings. The number of likely N-dealkylation sites (tertiary alicyclic amines) is 1. The Balaban J connectivity index is 2.06. The molecule has 1 saturated heterocycles. The van der Waals surface area contributed by atoms with Crippen LogP contribution in [0.15, 0.2) is 0 Å². The van der Waals surface area contributed by atoms with Crippen molar-refractivity contribution in [1.29, 1.82) is 0 Å². The van der Waals surface area contributed by atoms with Crippen LogP contribution in [0.25, 0.3) is 0 Å². The molecule has 1 amide bonds. The van der Waals surface area contributed by atoms with Gasteiger partial charge in [-0.1, -0.05) is 0 Å². The highest BCUT2D eigenvalue weighted by Gasteiger charge is 2.30. The Bertz CT molecular complexity index is 324. The van der Waals surface area contributed by atoms with Gasteiger partial charge < -0.3 is 10.2 Å². The summed E-state index contributed by atoms with van der Waals surface area (Å²) in [5, 5.41) is 16.1. The highest BCUT2D eigenvalue weighted by Crippen LogP contribution is 2.17. The van der Waals surface area contributed by atoms with E-state index in [9.17, 15) is 4.79 Å². The zero-order valence-electron chi connectivity index (χ0n) is 8.60. The van der Waals surface area contributed by atoms with Crippen molar-refractivity contribution in [2.45, 2.75) is 18.9 Å². The van der Waals surface area contributed by atoms with Crippen molar-refractivity contribution >= 4 is 5.91 Å². The third-order valence-corrected chi connectivity index (χ3v) is 2.61. The second kappa shape index (κ2) is 4.35. The van der Waals surface area contributed by atoms with Crippen LogP contribution in [-0.4, -0.2) is 57.6 Å². The standard InChI is InChI=1S/C8H14N6O/c1-9-5-6-3-2-4-14(6)8(15)7-10-12-13-11-7/h6,9H,2-5H2,1H3,(H,10,11,12,13). The third-order valence-electron chi connectivity index (χ3n) is 2.61. The number of amides is 1. The van der Waals surface area contributed by atoms with E-state index < -0.39 is 0 Å². The number of hydrogen-bond acceptors (Lipinski definition) is 5. The Labute approximate surface area is 87.2 Å². The molecule has 0 radical (unpaired) electrons. The van der Waals surface area contributed by atoms with Gasteiger partial charge in [0, 0.05) is 19.1 Å². The summed E-state index contributed by atoms with van der Waals surface area (Å²) < 4.78 is 0. The van der Waals surface area contributed by atoms with Gasteiger partial charge in [0.05, 0.1) is 0 Å². The average Bonchev–Trinajstić information content (AvgIpc) is 2.87. The highest BCUT2D eigenvalue weighted by molar-refractivity contribution is 5.90. The predicted molar refractivity (Wildman–Crippen MR) is 52.2 cm³/mol. The topological polar surface area (TPSA) is 86.8 Å². The van der Waals surface area contributed by atoms with Crippen molar-refractivity contribution < 1.29 is 4.79 Å². The largest absolute Gasteiger partial charge is 0.332 e. The number of nitrogens with zero attached hydrogens (tertiary/aromatic N) is 4. The predicted octanol–water partition coefficient (Wildman–Crippen LogP) is -0.976. The van der Waals surface area contributed by atoms with Crippen LogP contribution in [0.1, 0.15) is 23.5 Å². The van der Waals surface area contributed by atoms with Gasteiger partial charge >= 0.3 is 0 Å². The van der Waals surface area contributed by atoms with E-state index in [1.54, 1.807) is 4.90 Å². The van der Waals surface area contributed by atoms with Crippen LogP contribution in [0, 0.1) is 0 Å². The number of rotatable bonds is 3. The monoisotopic (exact) mass is 210 g/mol. The van der Waals surface area contributed by atoms with Gasteiger partial charge in [-0.3, -0.25) is 4.79 Å². The zero-order chi connectivity index (χ0) is 10.7. The van der Waals surface area contributed by atoms with Crippen molar-refractivity contribution in [1.82, 2.24) is 30.8 Å². The van der Waals surface area contributed by atoms with Crippen LogP contribution >= 0.6 is 0 Å². The molecule has 1 aromatic heterocycles. The summed E-state index contributed by atoms with van der Waals surface area (Å²) in [6.45, 7) is 1.59. The smallest absolute Gasteiger partial charge is 0.295 e. The van der Waals surface area contributed by atoms with E-state index >= 15 is 0 Å². The molecular formula is C8H14N6O. The second-order valence-electron chi connectivity index (χ2n) is 3.59. The average molecular weight is 210 g/mol. The minimum Gasteiger partial charge on any atom is -0.332 e. The third kappa shape index (κ3) is 1.96. The lowest BCUT2D eigenvalue weighted by Gasteiger charge is -2.22. The molecule has 7 heteroatoms. The first kappa shape index (κ1) is 10.0. The van der Waals surface area contributed by atoms with Crippen LogP contribution in [-0.2, 0) is 0 Å². The molecule has 2 N–H and O–H groups in total. The fraction of sp³-hybridized carbons (Fsp3) is 0.750. The lowest BCUT2D eigenvalue weighted by Crippen LogP contribution is -2.41. The number of likely N-dealkylation sites (N-methyl/N-ethyl adjacent to an activating group) is 1. The molecular weight excluding hydrogens is 196 g/mol. The van der Waals surface area contributed by atoms with Crippen LogP contribution < -0.4 is 5.32 Å². The molecule has 0 saturated carbocycles. The fourth-order valence-corrected chi connectivity index (χ4v) is 1.93. The van der Waals surface area contributed by atoms with Crippen molar-refractivity contribution in [2.75, 3.05) is 20.1 Å². The first-order valence-corrected chi connectivity index (χ1v) is 5.02. The molecule has 1 aromatic rings. The Hall–Kier alpha value is -1.50. The van der Waals surface area contributed by atoms with Gasteiger partial charge in [-0.2, -0.15) is 5.21 Å². The Morgan fingerprint density at radius 2 is 2.60 bits per heavy atom. The van der Waals surface area contributed by atoms with E-state index in [-0.39, 0.29) is 17.8 Å². The SMILES string of the molecule is CNCC1CCCN1C(=O)c1nn[nH]n1. The van der Waals surface area contributed by atoms with Crippen LogP contribution in [0.5, 0.6) is 0 Å². The van der Waals surface area contributed by atoms with Gasteiger partial charge in [-0.05, 0) is 25.1 Å². The number of tetrazole rings is 1. The van der Waals surface area contributed by atoms with Gasteiger partial charge in [0.2, 0.25) is 0 Å². The first-order valence-electron chi connectivity index (χ1n) is 5.02. The van der Waals surface area contributed by atoms with E-state index in [4.69, 9.17) is 0 Å². The molecule has 2 heterocycles. The number of hydrogen-bond donors (Lipinski definition) is 2. The number of carbonyl (C=O) groups is 1. The fourth-order valence-electron chi connectivity index (χ4n) is 1.93. The van der Waals surface area contributed by atoms with Gasteiger partial charge in [0.15, 0.2) is 0 Å². The summed E-state index contributed by atoms with van der Waals surface area (Å²) in [5.41, 5.74) is 0. The molecule has 1 atom stereocenters. The van der Waals surface area contributed by atoms with Gasteiger partial charge in [-0.15, -0.1) is 10.2 Å². The van der Waals surface area contributed by atoms with Crippen molar-refractivity contribution in [2.24, 2.45) is 0 Å². The molecule has 82 valence electrons. The van der Waals surface area contributed by atoms with Crippen molar-refractivity contribution in [3.8, 4) is 0 Å². The molecule has 0 spiro atoms. The molecule has 1 aliphatic heterocycles. The van der Waals surface area contributed by atoms with Crippen LogP contribution in [0.4, 0.5) is 0 Å². The Morgan fingerprint density at radius 1 is 1.73 bits per heavy atom. The molecule has 1 unspecified atom stereocenters. The van der Waals surface area contributed by atoms with Gasteiger partial charge in [-0.25, -0.2) is 0 Å². The summed E-state index contributed by atoms with van der Waals surface area (Å²) in [7, 11) is 1.88. The Morgan fingerprint density at radius 3 is 3.27 bits per heavy atom. The Kier molecular flexibility index (Phi) is 2.91. The van der Waals surface area contributed by atoms with E-state index in [1.807, 2.05) is 7.05 Å². The van der Waals surface area contributed by atoms with Gasteiger partial charge in [0.1, 0.15) is 0 Å². The summed E-state index contributed by atoms with van der Waals surface area (Å²) in [5.74, 6) is 0.0134. The number of nitrogens with one attached hydrogen (secondary N) is 2. The second-order valence-corrected chi connectivity index (χ2v) is 3.59. The maximum atomic E-state index is 11.9. The first-order chi connectivity index (χ1) is 7.33. The zero-order valence-corrected chi connectivity index (χ0v) is 8.60. The maximum absolute atomic E-state index is 11.9. The van der Waals surface area contributed by atoms with E-state index in [0.29, 0.717) is 0 Å². The molecule has 0 bridgehead atoms. The minimum atomic E-state index is -0.137. The molecule has 2 rings (SSSR count). The van der Waals surface area contributed by atoms with E-state index in [1.165, 1.54) is 0 Å². The number of carbonyl (C=O) groups excluding carboxylic acids is 1. The summed E-state index contributed by atoms with van der Waals surface area (Å²) >= 11 is 0. The molecule has 0 aliphatic carbocycles. The normalized spacial score (nSPS) is 20.9. The molecule has 1 aliphatic rings. The van der Waals surface area contributed by atoms with Crippen molar-refractivity contribution in [3.05, 3.63) is 5.82 Å². The number of aromatic nitrogens is 4. The quantitative estimate of drug-likeness (QED) is 0.670.